The fraction of sp³-hybridized carbons (Fsp3) is 0.462. The van der Waals surface area contributed by atoms with Crippen molar-refractivity contribution in [2.45, 2.75) is 25.9 Å². The van der Waals surface area contributed by atoms with Crippen molar-refractivity contribution < 1.29 is 9.47 Å². The average Bonchev–Trinajstić information content (AvgIpc) is 2.32. The van der Waals surface area contributed by atoms with Gasteiger partial charge < -0.3 is 15.2 Å². The van der Waals surface area contributed by atoms with Crippen LogP contribution in [0.2, 0.25) is 0 Å². The Balaban J connectivity index is 2.16. The Morgan fingerprint density at radius 3 is 2.76 bits per heavy atom. The number of nitrogens with one attached hydrogen (secondary N) is 1. The van der Waals surface area contributed by atoms with Gasteiger partial charge in [0.15, 0.2) is 0 Å². The molecule has 2 rings (SSSR count). The molecular formula is C13H18N2O2. The summed E-state index contributed by atoms with van der Waals surface area (Å²) in [6.07, 6.45) is 1.96. The van der Waals surface area contributed by atoms with Crippen molar-refractivity contribution in [2.75, 3.05) is 13.2 Å². The normalized spacial score (nSPS) is 16.8. The van der Waals surface area contributed by atoms with E-state index in [1.807, 2.05) is 25.1 Å². The van der Waals surface area contributed by atoms with Crippen molar-refractivity contribution in [1.29, 1.82) is 5.41 Å². The molecule has 4 nitrogen and oxygen atoms in total. The molecule has 1 aromatic rings. The molecule has 17 heavy (non-hydrogen) atoms. The molecule has 0 aromatic heterocycles. The number of hydrogen-bond donors (Lipinski definition) is 2. The zero-order valence-corrected chi connectivity index (χ0v) is 10.0. The fourth-order valence-corrected chi connectivity index (χ4v) is 1.93. The highest BCUT2D eigenvalue weighted by Gasteiger charge is 2.17. The Kier molecular flexibility index (Phi) is 3.64. The monoisotopic (exact) mass is 234 g/mol. The topological polar surface area (TPSA) is 68.3 Å². The first-order valence-electron chi connectivity index (χ1n) is 5.86. The van der Waals surface area contributed by atoms with Crippen molar-refractivity contribution in [3.05, 3.63) is 29.3 Å². The van der Waals surface area contributed by atoms with Crippen LogP contribution in [-0.2, 0) is 4.74 Å². The maximum atomic E-state index is 7.56. The van der Waals surface area contributed by atoms with E-state index < -0.39 is 0 Å². The summed E-state index contributed by atoms with van der Waals surface area (Å²) in [7, 11) is 0. The lowest BCUT2D eigenvalue weighted by atomic mass is 10.1. The number of ether oxygens (including phenoxy) is 2. The first-order chi connectivity index (χ1) is 8.16. The van der Waals surface area contributed by atoms with E-state index in [1.165, 1.54) is 0 Å². The highest BCUT2D eigenvalue weighted by molar-refractivity contribution is 5.97. The maximum Gasteiger partial charge on any atom is 0.130 e. The first-order valence-corrected chi connectivity index (χ1v) is 5.86. The van der Waals surface area contributed by atoms with Gasteiger partial charge in [-0.15, -0.1) is 0 Å². The summed E-state index contributed by atoms with van der Waals surface area (Å²) in [5.74, 6) is 0.755. The predicted molar refractivity (Wildman–Crippen MR) is 66.7 cm³/mol. The van der Waals surface area contributed by atoms with Gasteiger partial charge in [0.2, 0.25) is 0 Å². The van der Waals surface area contributed by atoms with Crippen LogP contribution in [0.3, 0.4) is 0 Å². The Bertz CT molecular complexity index is 412. The molecule has 1 aliphatic rings. The number of rotatable bonds is 3. The van der Waals surface area contributed by atoms with Gasteiger partial charge in [0.25, 0.3) is 0 Å². The summed E-state index contributed by atoms with van der Waals surface area (Å²) in [6, 6.07) is 5.75. The third-order valence-electron chi connectivity index (χ3n) is 2.89. The molecule has 1 aromatic carbocycles. The van der Waals surface area contributed by atoms with Gasteiger partial charge >= 0.3 is 0 Å². The second kappa shape index (κ2) is 5.19. The van der Waals surface area contributed by atoms with Gasteiger partial charge in [-0.1, -0.05) is 11.6 Å². The summed E-state index contributed by atoms with van der Waals surface area (Å²) in [5.41, 5.74) is 7.32. The quantitative estimate of drug-likeness (QED) is 0.619. The zero-order chi connectivity index (χ0) is 12.3. The van der Waals surface area contributed by atoms with Crippen molar-refractivity contribution in [2.24, 2.45) is 5.73 Å². The van der Waals surface area contributed by atoms with Crippen LogP contribution in [0.1, 0.15) is 24.0 Å². The number of amidine groups is 1. The molecule has 0 amide bonds. The molecule has 0 aliphatic carbocycles. The molecule has 4 heteroatoms. The Morgan fingerprint density at radius 2 is 2.12 bits per heavy atom. The highest BCUT2D eigenvalue weighted by Crippen LogP contribution is 2.23. The molecule has 0 unspecified atom stereocenters. The summed E-state index contributed by atoms with van der Waals surface area (Å²) >= 11 is 0. The van der Waals surface area contributed by atoms with E-state index in [1.54, 1.807) is 0 Å². The van der Waals surface area contributed by atoms with Crippen LogP contribution in [0, 0.1) is 12.3 Å². The van der Waals surface area contributed by atoms with Crippen molar-refractivity contribution in [1.82, 2.24) is 0 Å². The van der Waals surface area contributed by atoms with E-state index in [0.29, 0.717) is 11.3 Å². The lowest BCUT2D eigenvalue weighted by molar-refractivity contribution is 0.0255. The summed E-state index contributed by atoms with van der Waals surface area (Å²) in [6.45, 7) is 3.46. The minimum Gasteiger partial charge on any atom is -0.489 e. The van der Waals surface area contributed by atoms with Gasteiger partial charge in [-0.2, -0.15) is 0 Å². The minimum atomic E-state index is 0.0516. The SMILES string of the molecule is Cc1ccc(OC2CCOCC2)c(C(=N)N)c1. The number of nitrogens with two attached hydrogens (primary N) is 1. The summed E-state index contributed by atoms with van der Waals surface area (Å²) in [5, 5.41) is 7.56. The van der Waals surface area contributed by atoms with Crippen LogP contribution < -0.4 is 10.5 Å². The largest absolute Gasteiger partial charge is 0.489 e. The van der Waals surface area contributed by atoms with E-state index in [-0.39, 0.29) is 11.9 Å². The van der Waals surface area contributed by atoms with Crippen LogP contribution >= 0.6 is 0 Å². The minimum absolute atomic E-state index is 0.0516. The summed E-state index contributed by atoms with van der Waals surface area (Å²) < 4.78 is 11.2. The molecule has 0 bridgehead atoms. The lowest BCUT2D eigenvalue weighted by Crippen LogP contribution is -2.27. The van der Waals surface area contributed by atoms with E-state index in [0.717, 1.165) is 31.6 Å². The number of benzene rings is 1. The molecule has 1 fully saturated rings. The van der Waals surface area contributed by atoms with Gasteiger partial charge in [0.1, 0.15) is 17.7 Å². The second-order valence-electron chi connectivity index (χ2n) is 4.34. The predicted octanol–water partition coefficient (Wildman–Crippen LogP) is 1.84. The van der Waals surface area contributed by atoms with E-state index >= 15 is 0 Å². The fourth-order valence-electron chi connectivity index (χ4n) is 1.93. The average molecular weight is 234 g/mol. The van der Waals surface area contributed by atoms with Crippen LogP contribution in [0.5, 0.6) is 5.75 Å². The molecule has 0 saturated carbocycles. The smallest absolute Gasteiger partial charge is 0.130 e. The van der Waals surface area contributed by atoms with Crippen molar-refractivity contribution in [3.63, 3.8) is 0 Å². The Hall–Kier alpha value is -1.55. The molecule has 0 spiro atoms. The lowest BCUT2D eigenvalue weighted by Gasteiger charge is -2.24. The molecule has 1 saturated heterocycles. The summed E-state index contributed by atoms with van der Waals surface area (Å²) in [4.78, 5) is 0. The molecule has 1 heterocycles. The van der Waals surface area contributed by atoms with Crippen LogP contribution in [-0.4, -0.2) is 25.2 Å². The van der Waals surface area contributed by atoms with Crippen molar-refractivity contribution >= 4 is 5.84 Å². The standard InChI is InChI=1S/C13H18N2O2/c1-9-2-3-12(11(8-9)13(14)15)17-10-4-6-16-7-5-10/h2-3,8,10H,4-7H2,1H3,(H3,14,15). The highest BCUT2D eigenvalue weighted by atomic mass is 16.5. The number of aryl methyl sites for hydroxylation is 1. The van der Waals surface area contributed by atoms with Crippen molar-refractivity contribution in [3.8, 4) is 5.75 Å². The van der Waals surface area contributed by atoms with E-state index in [9.17, 15) is 0 Å². The molecule has 3 N–H and O–H groups in total. The molecule has 1 aliphatic heterocycles. The van der Waals surface area contributed by atoms with Gasteiger partial charge in [0, 0.05) is 12.8 Å². The van der Waals surface area contributed by atoms with E-state index in [4.69, 9.17) is 20.6 Å². The Morgan fingerprint density at radius 1 is 1.41 bits per heavy atom. The third kappa shape index (κ3) is 2.97. The number of hydrogen-bond acceptors (Lipinski definition) is 3. The molecule has 0 radical (unpaired) electrons. The van der Waals surface area contributed by atoms with Crippen LogP contribution in [0.4, 0.5) is 0 Å². The van der Waals surface area contributed by atoms with Gasteiger partial charge in [-0.3, -0.25) is 5.41 Å². The van der Waals surface area contributed by atoms with E-state index in [2.05, 4.69) is 0 Å². The first kappa shape index (κ1) is 11.9. The molecule has 92 valence electrons. The molecular weight excluding hydrogens is 216 g/mol. The zero-order valence-electron chi connectivity index (χ0n) is 10.0. The molecule has 0 atom stereocenters. The van der Waals surface area contributed by atoms with Gasteiger partial charge in [-0.05, 0) is 19.1 Å². The van der Waals surface area contributed by atoms with Crippen LogP contribution in [0.25, 0.3) is 0 Å². The van der Waals surface area contributed by atoms with Gasteiger partial charge in [-0.25, -0.2) is 0 Å². The third-order valence-corrected chi connectivity index (χ3v) is 2.89. The Labute approximate surface area is 101 Å². The van der Waals surface area contributed by atoms with Gasteiger partial charge in [0.05, 0.1) is 18.8 Å². The number of nitrogen functional groups attached to an aromatic ring is 1. The van der Waals surface area contributed by atoms with Crippen LogP contribution in [0.15, 0.2) is 18.2 Å². The maximum absolute atomic E-state index is 7.56. The second-order valence-corrected chi connectivity index (χ2v) is 4.34.